The van der Waals surface area contributed by atoms with Gasteiger partial charge >= 0.3 is 0 Å². The van der Waals surface area contributed by atoms with Crippen molar-refractivity contribution in [3.8, 4) is 5.75 Å². The number of aliphatic hydroxyl groups excluding tert-OH is 2. The van der Waals surface area contributed by atoms with Crippen molar-refractivity contribution in [1.29, 1.82) is 5.41 Å². The van der Waals surface area contributed by atoms with Crippen LogP contribution in [0.25, 0.3) is 21.8 Å². The number of carbonyl (C=O) groups excluding carboxylic acids is 18. The number of hydrogen-bond donors (Lipinski definition) is 29. The molecule has 14 atom stereocenters. The number of ether oxygens (including phenoxy) is 1. The van der Waals surface area contributed by atoms with Crippen LogP contribution in [0.5, 0.6) is 5.75 Å². The number of nitrogens with two attached hydrogens (primary N) is 6. The minimum atomic E-state index is -2.00. The molecule has 0 aliphatic rings. The highest BCUT2D eigenvalue weighted by atomic mass is 32.1. The number of rotatable bonds is 57. The third-order valence-corrected chi connectivity index (χ3v) is 20.2. The molecule has 5 rings (SSSR count). The van der Waals surface area contributed by atoms with Crippen molar-refractivity contribution < 1.29 is 106 Å². The predicted molar refractivity (Wildman–Crippen MR) is 464 cm³/mol. The summed E-state index contributed by atoms with van der Waals surface area (Å²) in [5.74, 6) is -19.9. The minimum absolute atomic E-state index is 0.0610. The van der Waals surface area contributed by atoms with E-state index in [-0.39, 0.29) is 68.9 Å². The van der Waals surface area contributed by atoms with Crippen LogP contribution < -0.4 is 114 Å². The first kappa shape index (κ1) is 104. The zero-order valence-corrected chi connectivity index (χ0v) is 71.8. The lowest BCUT2D eigenvalue weighted by Crippen LogP contribution is -2.62. The standard InChI is InChI=1S/C79H114N24O22S2/c1-39(104)65(103-71(117)53(22-24-61(82)109)96-75(121)58(37-126)92-41(3)106)77(123)99-56(31-44-34-90-49-14-7-5-12-47(44)49)74(120)95-52(21-23-60(81)108)69(115)101-59(38-127)76(122)97-54(29-42-17-19-45(107)20-18-42)72(118)98-55(30-43-33-89-48-13-6-4-11-46(43)48)73(119)94-51(16-10-26-88-79(85)86)70(116)102-66(40(2)105)78(124)100-57(32-62(83)110)68(114)91-35-63(111)87-27-28-125-36-64(112)93-50(67(84)113)15-8-9-25-80/h4-7,11-14,17-20,33-34,39-40,50-59,65-66,89-90,104-105,107,126-127H,8-10,15-16,21-32,35-38,80H2,1-3H3,(H2,81,108)(H2,82,109)(H2,83,110)(H2,84,113)(H,87,111)(H,91,114)(H,92,106)(H,93,112)(H,94,119)(H,95,120)(H,96,121)(H,97,122)(H,98,118)(H,99,123)(H,100,124)(H,101,115)(H,102,116)(H,103,117)(H4,85,86,88)/t39-,40-,50-,51+,52+,53+,54+,55+,56+,57+,58+,59+,65+,66+/m1/s1. The van der Waals surface area contributed by atoms with Crippen LogP contribution >= 0.6 is 25.3 Å². The third-order valence-electron chi connectivity index (χ3n) is 19.4. The van der Waals surface area contributed by atoms with Crippen molar-refractivity contribution in [3.05, 3.63) is 102 Å². The summed E-state index contributed by atoms with van der Waals surface area (Å²) in [6, 6.07) is -1.25. The van der Waals surface area contributed by atoms with Gasteiger partial charge in [-0.25, -0.2) is 0 Å². The Kier molecular flexibility index (Phi) is 43.7. The highest BCUT2D eigenvalue weighted by molar-refractivity contribution is 7.80. The van der Waals surface area contributed by atoms with Gasteiger partial charge in [0, 0.05) is 97.8 Å². The van der Waals surface area contributed by atoms with Gasteiger partial charge in [-0.3, -0.25) is 91.7 Å². The first-order chi connectivity index (χ1) is 60.2. The second-order valence-corrected chi connectivity index (χ2v) is 30.4. The topological polar surface area (TPSA) is 769 Å². The summed E-state index contributed by atoms with van der Waals surface area (Å²) < 4.78 is 5.26. The highest BCUT2D eigenvalue weighted by Crippen LogP contribution is 2.23. The van der Waals surface area contributed by atoms with Gasteiger partial charge < -0.3 is 144 Å². The quantitative estimate of drug-likeness (QED) is 0.00744. The number of primary amides is 4. The normalized spacial score (nSPS) is 14.4. The molecule has 3 aromatic carbocycles. The maximum absolute atomic E-state index is 15.3. The molecular weight excluding hydrogens is 1700 g/mol. The van der Waals surface area contributed by atoms with Crippen molar-refractivity contribution in [2.75, 3.05) is 50.9 Å². The van der Waals surface area contributed by atoms with E-state index in [1.165, 1.54) is 36.7 Å². The maximum Gasteiger partial charge on any atom is 0.246 e. The predicted octanol–water partition coefficient (Wildman–Crippen LogP) is -8.63. The number of phenolic OH excluding ortho intramolecular Hbond substituents is 1. The molecule has 127 heavy (non-hydrogen) atoms. The van der Waals surface area contributed by atoms with Crippen LogP contribution in [-0.4, -0.2) is 273 Å². The lowest BCUT2D eigenvalue weighted by molar-refractivity contribution is -0.137. The summed E-state index contributed by atoms with van der Waals surface area (Å²) in [6.45, 7) is 1.91. The van der Waals surface area contributed by atoms with Crippen LogP contribution in [0.3, 0.4) is 0 Å². The van der Waals surface area contributed by atoms with E-state index in [4.69, 9.17) is 44.5 Å². The molecule has 46 nitrogen and oxygen atoms in total. The van der Waals surface area contributed by atoms with Crippen molar-refractivity contribution in [1.82, 2.24) is 89.7 Å². The Bertz CT molecular complexity index is 4690. The van der Waals surface area contributed by atoms with Gasteiger partial charge in [-0.2, -0.15) is 25.3 Å². The summed E-state index contributed by atoms with van der Waals surface area (Å²) >= 11 is 8.45. The Morgan fingerprint density at radius 1 is 0.433 bits per heavy atom. The van der Waals surface area contributed by atoms with E-state index in [2.05, 4.69) is 115 Å². The second kappa shape index (κ2) is 53.2. The Labute approximate surface area is 739 Å². The minimum Gasteiger partial charge on any atom is -0.508 e. The molecule has 0 saturated carbocycles. The molecule has 0 spiro atoms. The zero-order chi connectivity index (χ0) is 94.1. The molecule has 0 aliphatic heterocycles. The van der Waals surface area contributed by atoms with Gasteiger partial charge in [-0.1, -0.05) is 48.5 Å². The first-order valence-corrected chi connectivity index (χ1v) is 41.6. The third kappa shape index (κ3) is 36.1. The van der Waals surface area contributed by atoms with Crippen LogP contribution in [-0.2, 0) is 110 Å². The van der Waals surface area contributed by atoms with Crippen LogP contribution in [0.1, 0.15) is 102 Å². The number of fused-ring (bicyclic) bond motifs is 2. The number of aromatic amines is 2. The average Bonchev–Trinajstić information content (AvgIpc) is 1.79. The Hall–Kier alpha value is -13.2. The Morgan fingerprint density at radius 3 is 1.30 bits per heavy atom. The van der Waals surface area contributed by atoms with Crippen molar-refractivity contribution >= 4 is 159 Å². The molecule has 2 aromatic heterocycles. The Balaban J connectivity index is 1.42. The number of benzene rings is 3. The molecule has 0 radical (unpaired) electrons. The molecule has 33 N–H and O–H groups in total. The number of carbonyl (C=O) groups is 18. The van der Waals surface area contributed by atoms with Crippen molar-refractivity contribution in [3.63, 3.8) is 0 Å². The van der Waals surface area contributed by atoms with Crippen LogP contribution in [0.2, 0.25) is 0 Å². The van der Waals surface area contributed by atoms with Crippen LogP contribution in [0, 0.1) is 5.41 Å². The number of H-pyrrole nitrogens is 2. The molecule has 0 aliphatic carbocycles. The summed E-state index contributed by atoms with van der Waals surface area (Å²) in [6.07, 6.45) is -3.72. The molecule has 0 bridgehead atoms. The molecular formula is C79H114N24O22S2. The van der Waals surface area contributed by atoms with E-state index in [9.17, 15) is 92.0 Å². The van der Waals surface area contributed by atoms with Crippen LogP contribution in [0.15, 0.2) is 85.2 Å². The van der Waals surface area contributed by atoms with E-state index in [0.29, 0.717) is 52.3 Å². The number of amides is 18. The summed E-state index contributed by atoms with van der Waals surface area (Å²) in [5.41, 5.74) is 35.1. The van der Waals surface area contributed by atoms with E-state index < -0.39 is 254 Å². The van der Waals surface area contributed by atoms with Gasteiger partial charge in [-0.05, 0) is 106 Å². The van der Waals surface area contributed by atoms with Crippen molar-refractivity contribution in [2.45, 2.75) is 189 Å². The highest BCUT2D eigenvalue weighted by Gasteiger charge is 2.39. The Morgan fingerprint density at radius 2 is 0.850 bits per heavy atom. The van der Waals surface area contributed by atoms with Gasteiger partial charge in [-0.15, -0.1) is 0 Å². The molecule has 18 amide bonds. The van der Waals surface area contributed by atoms with Crippen molar-refractivity contribution in [2.24, 2.45) is 34.4 Å². The number of hydrogen-bond acceptors (Lipinski definition) is 26. The molecule has 5 aromatic rings. The zero-order valence-electron chi connectivity index (χ0n) is 70.0. The number of guanidine groups is 1. The molecule has 48 heteroatoms. The number of nitrogens with one attached hydrogen (secondary N) is 18. The van der Waals surface area contributed by atoms with E-state index in [1.54, 1.807) is 48.5 Å². The lowest BCUT2D eigenvalue weighted by Gasteiger charge is -2.29. The fourth-order valence-corrected chi connectivity index (χ4v) is 13.3. The maximum atomic E-state index is 15.3. The van der Waals surface area contributed by atoms with E-state index >= 15 is 9.59 Å². The fraction of sp³-hybridized carbons (Fsp3) is 0.481. The number of aromatic hydroxyl groups is 1. The van der Waals surface area contributed by atoms with Gasteiger partial charge in [0.05, 0.1) is 31.8 Å². The van der Waals surface area contributed by atoms with E-state index in [0.717, 1.165) is 20.8 Å². The van der Waals surface area contributed by atoms with Gasteiger partial charge in [0.25, 0.3) is 0 Å². The molecule has 0 unspecified atom stereocenters. The molecule has 694 valence electrons. The van der Waals surface area contributed by atoms with E-state index in [1.807, 2.05) is 0 Å². The number of para-hydroxylation sites is 2. The fourth-order valence-electron chi connectivity index (χ4n) is 12.8. The number of aromatic nitrogens is 2. The largest absolute Gasteiger partial charge is 0.508 e. The number of thiol groups is 2. The second-order valence-electron chi connectivity index (χ2n) is 29.6. The number of aliphatic hydroxyl groups is 2. The summed E-state index contributed by atoms with van der Waals surface area (Å²) in [5, 5.41) is 77.9. The molecule has 0 fully saturated rings. The molecule has 2 heterocycles. The monoisotopic (exact) mass is 1810 g/mol. The average molecular weight is 1820 g/mol. The smallest absolute Gasteiger partial charge is 0.246 e. The lowest BCUT2D eigenvalue weighted by atomic mass is 10.0. The van der Waals surface area contributed by atoms with Gasteiger partial charge in [0.1, 0.15) is 84.9 Å². The summed E-state index contributed by atoms with van der Waals surface area (Å²) in [7, 11) is 0. The van der Waals surface area contributed by atoms with Gasteiger partial charge in [0.15, 0.2) is 5.96 Å². The van der Waals surface area contributed by atoms with Gasteiger partial charge in [0.2, 0.25) is 106 Å². The number of phenols is 1. The SMILES string of the molecule is CC(=O)N[C@@H](CS)C(=O)N[C@@H](CCC(N)=O)C(=O)N[C@H](C(=O)N[C@@H](Cc1c[nH]c2ccccc12)C(=O)N[C@@H](CCC(N)=O)C(=O)N[C@@H](CS)C(=O)N[C@@H](Cc1ccc(O)cc1)C(=O)N[C@@H](Cc1c[nH]c2ccccc12)C(=O)N[C@@H](CCCNC(=N)N)C(=O)N[C@H](C(=O)N[C@@H](CC(N)=O)C(=O)NCC(=O)NCCOCC(=O)N[C@H](CCCCN)C(N)=O)[C@@H](C)O)[C@@H](C)O. The van der Waals surface area contributed by atoms with Crippen LogP contribution in [0.4, 0.5) is 0 Å². The first-order valence-electron chi connectivity index (χ1n) is 40.3. The summed E-state index contributed by atoms with van der Waals surface area (Å²) in [4.78, 5) is 251. The number of unbranched alkanes of at least 4 members (excludes halogenated alkanes) is 1. The molecule has 0 saturated heterocycles.